The van der Waals surface area contributed by atoms with E-state index in [0.717, 1.165) is 16.7 Å². The van der Waals surface area contributed by atoms with E-state index in [9.17, 15) is 4.79 Å². The smallest absolute Gasteiger partial charge is 0.411 e. The third-order valence-corrected chi connectivity index (χ3v) is 6.15. The van der Waals surface area contributed by atoms with E-state index in [-0.39, 0.29) is 30.6 Å². The van der Waals surface area contributed by atoms with Crippen molar-refractivity contribution < 1.29 is 23.4 Å². The van der Waals surface area contributed by atoms with Crippen molar-refractivity contribution in [3.63, 3.8) is 0 Å². The summed E-state index contributed by atoms with van der Waals surface area (Å²) in [6, 6.07) is 23.8. The molecule has 2 atom stereocenters. The molecule has 3 aromatic rings. The first-order chi connectivity index (χ1) is 16.7. The summed E-state index contributed by atoms with van der Waals surface area (Å²) in [7, 11) is 0. The fraction of sp³-hybridized carbons (Fsp3) is 0.250. The number of amides is 1. The summed E-state index contributed by atoms with van der Waals surface area (Å²) >= 11 is 0. The number of fused-ring (bicyclic) bond motifs is 2. The molecule has 174 valence electrons. The molecule has 2 bridgehead atoms. The van der Waals surface area contributed by atoms with E-state index in [4.69, 9.17) is 14.2 Å². The maximum Gasteiger partial charge on any atom is 0.411 e. The van der Waals surface area contributed by atoms with Crippen molar-refractivity contribution in [3.8, 4) is 5.75 Å². The molecule has 2 unspecified atom stereocenters. The summed E-state index contributed by atoms with van der Waals surface area (Å²) < 4.78 is 32.0. The van der Waals surface area contributed by atoms with E-state index < -0.39 is 0 Å². The zero-order valence-corrected chi connectivity index (χ0v) is 18.7. The minimum atomic E-state index is -0.373. The van der Waals surface area contributed by atoms with Gasteiger partial charge in [0.2, 0.25) is 0 Å². The van der Waals surface area contributed by atoms with Crippen LogP contribution in [0.1, 0.15) is 23.1 Å². The molecule has 1 amide bonds. The first-order valence-electron chi connectivity index (χ1n) is 11.4. The van der Waals surface area contributed by atoms with Crippen LogP contribution in [-0.4, -0.2) is 36.3 Å². The van der Waals surface area contributed by atoms with Gasteiger partial charge in [-0.1, -0.05) is 66.7 Å². The Morgan fingerprint density at radius 2 is 1.65 bits per heavy atom. The largest absolute Gasteiger partial charge is 0.489 e. The minimum Gasteiger partial charge on any atom is -0.489 e. The highest BCUT2D eigenvalue weighted by Crippen LogP contribution is 2.35. The molecule has 3 aromatic carbocycles. The monoisotopic (exact) mass is 459 g/mol. The van der Waals surface area contributed by atoms with Crippen molar-refractivity contribution in [3.05, 3.63) is 107 Å². The molecule has 0 aliphatic carbocycles. The third kappa shape index (κ3) is 4.97. The van der Waals surface area contributed by atoms with Crippen molar-refractivity contribution in [2.45, 2.75) is 31.7 Å². The molecule has 2 aliphatic rings. The Morgan fingerprint density at radius 3 is 2.32 bits per heavy atom. The highest BCUT2D eigenvalue weighted by Gasteiger charge is 2.39. The van der Waals surface area contributed by atoms with Crippen molar-refractivity contribution in [1.82, 2.24) is 4.90 Å². The number of halogens is 1. The van der Waals surface area contributed by atoms with Crippen LogP contribution in [0.5, 0.6) is 5.75 Å². The number of nitrogens with zero attached hydrogens (tertiary/aromatic N) is 1. The summed E-state index contributed by atoms with van der Waals surface area (Å²) in [6.07, 6.45) is 2.04. The highest BCUT2D eigenvalue weighted by molar-refractivity contribution is 5.75. The number of rotatable bonds is 6. The van der Waals surface area contributed by atoms with Crippen LogP contribution in [0.4, 0.5) is 9.18 Å². The molecule has 0 N–H and O–H groups in total. The number of hydrogen-bond donors (Lipinski definition) is 0. The van der Waals surface area contributed by atoms with Crippen molar-refractivity contribution in [1.29, 1.82) is 0 Å². The lowest BCUT2D eigenvalue weighted by atomic mass is 9.90. The number of ether oxygens (including phenoxy) is 3. The Kier molecular flexibility index (Phi) is 6.58. The topological polar surface area (TPSA) is 48.0 Å². The second-order valence-electron chi connectivity index (χ2n) is 8.52. The van der Waals surface area contributed by atoms with E-state index in [1.165, 1.54) is 6.07 Å². The molecule has 1 fully saturated rings. The zero-order chi connectivity index (χ0) is 23.3. The summed E-state index contributed by atoms with van der Waals surface area (Å²) in [5, 5.41) is 0. The van der Waals surface area contributed by atoms with Gasteiger partial charge in [0.15, 0.2) is 0 Å². The van der Waals surface area contributed by atoms with Gasteiger partial charge in [0.05, 0.1) is 25.3 Å². The van der Waals surface area contributed by atoms with E-state index >= 15 is 4.39 Å². The van der Waals surface area contributed by atoms with E-state index in [1.54, 1.807) is 17.0 Å². The maximum atomic E-state index is 15.0. The van der Waals surface area contributed by atoms with Crippen LogP contribution in [0.3, 0.4) is 0 Å². The lowest BCUT2D eigenvalue weighted by Crippen LogP contribution is -2.56. The molecule has 34 heavy (non-hydrogen) atoms. The van der Waals surface area contributed by atoms with Crippen LogP contribution >= 0.6 is 0 Å². The Bertz CT molecular complexity index is 1170. The van der Waals surface area contributed by atoms with Gasteiger partial charge in [-0.05, 0) is 35.3 Å². The molecule has 0 spiro atoms. The number of carbonyl (C=O) groups is 1. The van der Waals surface area contributed by atoms with Gasteiger partial charge in [-0.3, -0.25) is 4.90 Å². The molecule has 2 aliphatic heterocycles. The van der Waals surface area contributed by atoms with Gasteiger partial charge >= 0.3 is 6.09 Å². The van der Waals surface area contributed by atoms with E-state index in [1.807, 2.05) is 66.7 Å². The molecular weight excluding hydrogens is 433 g/mol. The predicted octanol–water partition coefficient (Wildman–Crippen LogP) is 5.60. The summed E-state index contributed by atoms with van der Waals surface area (Å²) in [5.74, 6) is 0.145. The first-order valence-corrected chi connectivity index (χ1v) is 11.4. The second kappa shape index (κ2) is 10.1. The molecule has 6 heteroatoms. The van der Waals surface area contributed by atoms with E-state index in [2.05, 4.69) is 0 Å². The fourth-order valence-corrected chi connectivity index (χ4v) is 4.46. The van der Waals surface area contributed by atoms with Crippen molar-refractivity contribution in [2.75, 3.05) is 13.2 Å². The van der Waals surface area contributed by atoms with Crippen molar-refractivity contribution in [2.24, 2.45) is 0 Å². The quantitative estimate of drug-likeness (QED) is 0.482. The van der Waals surface area contributed by atoms with Gasteiger partial charge in [0.1, 0.15) is 24.8 Å². The van der Waals surface area contributed by atoms with Gasteiger partial charge in [0, 0.05) is 11.6 Å². The minimum absolute atomic E-state index is 0.199. The van der Waals surface area contributed by atoms with Crippen LogP contribution in [-0.2, 0) is 22.7 Å². The van der Waals surface area contributed by atoms with Crippen LogP contribution < -0.4 is 4.74 Å². The van der Waals surface area contributed by atoms with Gasteiger partial charge in [-0.2, -0.15) is 0 Å². The fourth-order valence-electron chi connectivity index (χ4n) is 4.46. The standard InChI is InChI=1S/C28H26FNO4/c29-27-15-25(33-16-20-7-3-1-4-8-20)11-12-26(27)22-13-23-18-32-19-24(14-22)30(23)28(31)34-17-21-9-5-2-6-10-21/h1-13,15,23-24H,14,16-19H2. The van der Waals surface area contributed by atoms with Gasteiger partial charge in [-0.15, -0.1) is 0 Å². The maximum absolute atomic E-state index is 15.0. The Morgan fingerprint density at radius 1 is 0.941 bits per heavy atom. The van der Waals surface area contributed by atoms with Crippen molar-refractivity contribution >= 4 is 11.7 Å². The first kappa shape index (κ1) is 22.2. The predicted molar refractivity (Wildman–Crippen MR) is 127 cm³/mol. The Balaban J connectivity index is 1.27. The Hall–Kier alpha value is -3.64. The van der Waals surface area contributed by atoms with Crippen LogP contribution in [0.2, 0.25) is 0 Å². The Labute approximate surface area is 198 Å². The van der Waals surface area contributed by atoms with Crippen LogP contribution in [0.25, 0.3) is 5.57 Å². The molecule has 2 heterocycles. The lowest BCUT2D eigenvalue weighted by molar-refractivity contribution is -0.0342. The second-order valence-corrected chi connectivity index (χ2v) is 8.52. The third-order valence-electron chi connectivity index (χ3n) is 6.15. The van der Waals surface area contributed by atoms with Gasteiger partial charge < -0.3 is 14.2 Å². The van der Waals surface area contributed by atoms with Gasteiger partial charge in [0.25, 0.3) is 0 Å². The molecule has 0 saturated carbocycles. The highest BCUT2D eigenvalue weighted by atomic mass is 19.1. The SMILES string of the molecule is O=C(OCc1ccccc1)N1C2C=C(c3ccc(OCc4ccccc4)cc3F)CC1COC2. The zero-order valence-electron chi connectivity index (χ0n) is 18.7. The van der Waals surface area contributed by atoms with Crippen LogP contribution in [0, 0.1) is 5.82 Å². The normalized spacial score (nSPS) is 19.3. The molecule has 0 aromatic heterocycles. The summed E-state index contributed by atoms with van der Waals surface area (Å²) in [6.45, 7) is 1.35. The molecule has 5 nitrogen and oxygen atoms in total. The lowest BCUT2D eigenvalue weighted by Gasteiger charge is -2.43. The number of benzene rings is 3. The molecule has 1 saturated heterocycles. The summed E-state index contributed by atoms with van der Waals surface area (Å²) in [4.78, 5) is 14.6. The molecular formula is C28H26FNO4. The van der Waals surface area contributed by atoms with Gasteiger partial charge in [-0.25, -0.2) is 9.18 Å². The number of morpholine rings is 1. The number of carbonyl (C=O) groups excluding carboxylic acids is 1. The van der Waals surface area contributed by atoms with E-state index in [0.29, 0.717) is 37.6 Å². The average Bonchev–Trinajstić information content (AvgIpc) is 2.86. The molecule has 0 radical (unpaired) electrons. The molecule has 5 rings (SSSR count). The van der Waals surface area contributed by atoms with Crippen LogP contribution in [0.15, 0.2) is 84.9 Å². The summed E-state index contributed by atoms with van der Waals surface area (Å²) in [5.41, 5.74) is 3.36. The average molecular weight is 460 g/mol. The number of hydrogen-bond acceptors (Lipinski definition) is 4.